The second kappa shape index (κ2) is 8.61. The molecule has 0 aliphatic rings. The molecule has 0 saturated carbocycles. The van der Waals surface area contributed by atoms with Gasteiger partial charge in [0.2, 0.25) is 0 Å². The van der Waals surface area contributed by atoms with Crippen molar-refractivity contribution in [2.45, 2.75) is 72.6 Å². The van der Waals surface area contributed by atoms with Crippen molar-refractivity contribution in [2.24, 2.45) is 0 Å². The molecule has 2 rings (SSSR count). The molecular weight excluding hydrogens is 383 g/mol. The number of rotatable bonds is 10. The maximum absolute atomic E-state index is 5.65. The number of furan rings is 1. The summed E-state index contributed by atoms with van der Waals surface area (Å²) in [4.78, 5) is 0. The van der Waals surface area contributed by atoms with Crippen molar-refractivity contribution in [3.63, 3.8) is 0 Å². The fourth-order valence-corrected chi connectivity index (χ4v) is 23.4. The Morgan fingerprint density at radius 1 is 0.952 bits per heavy atom. The van der Waals surface area contributed by atoms with Crippen molar-refractivity contribution in [2.75, 3.05) is 0 Å². The fraction of sp³-hybridized carbons (Fsp3) is 0.667. The summed E-state index contributed by atoms with van der Waals surface area (Å²) in [6, 6.07) is 4.58. The standard InChI is InChI=1S/C6H3OS.3C4H9.Sn/c1-3-7-5-2-4-8-6(1)5;3*1-3-4-2;/h1-3H;3*1,3-4H2,2H3;. The molecule has 0 amide bonds. The van der Waals surface area contributed by atoms with Crippen LogP contribution < -0.4 is 2.89 Å². The van der Waals surface area contributed by atoms with E-state index in [0.29, 0.717) is 0 Å². The van der Waals surface area contributed by atoms with Crippen LogP contribution in [0.25, 0.3) is 10.3 Å². The molecule has 0 unspecified atom stereocenters. The molecule has 0 aliphatic carbocycles. The first-order valence-electron chi connectivity index (χ1n) is 8.73. The van der Waals surface area contributed by atoms with Crippen molar-refractivity contribution in [1.29, 1.82) is 0 Å². The molecule has 2 aromatic rings. The third-order valence-electron chi connectivity index (χ3n) is 4.69. The summed E-state index contributed by atoms with van der Waals surface area (Å²) in [7, 11) is 0. The zero-order valence-electron chi connectivity index (χ0n) is 13.9. The van der Waals surface area contributed by atoms with Crippen LogP contribution in [0.15, 0.2) is 22.8 Å². The molecule has 0 atom stereocenters. The molecule has 0 aromatic carbocycles. The van der Waals surface area contributed by atoms with Crippen molar-refractivity contribution >= 4 is 42.9 Å². The van der Waals surface area contributed by atoms with E-state index in [1.165, 1.54) is 43.2 Å². The summed E-state index contributed by atoms with van der Waals surface area (Å²) in [5.74, 6) is 0. The average Bonchev–Trinajstić information content (AvgIpc) is 3.08. The Labute approximate surface area is 138 Å². The van der Waals surface area contributed by atoms with Gasteiger partial charge in [-0.2, -0.15) is 0 Å². The zero-order valence-corrected chi connectivity index (χ0v) is 17.6. The van der Waals surface area contributed by atoms with Crippen LogP contribution in [-0.4, -0.2) is 18.4 Å². The summed E-state index contributed by atoms with van der Waals surface area (Å²) >= 11 is -0.142. The molecule has 0 radical (unpaired) electrons. The molecule has 0 bridgehead atoms. The Kier molecular flexibility index (Phi) is 7.13. The summed E-state index contributed by atoms with van der Waals surface area (Å²) < 4.78 is 13.5. The number of fused-ring (bicyclic) bond motifs is 1. The van der Waals surface area contributed by atoms with Crippen molar-refractivity contribution in [3.05, 3.63) is 18.4 Å². The Morgan fingerprint density at radius 3 is 2.00 bits per heavy atom. The Balaban J connectivity index is 2.31. The van der Waals surface area contributed by atoms with Gasteiger partial charge in [0.25, 0.3) is 0 Å². The van der Waals surface area contributed by atoms with Crippen LogP contribution in [0.1, 0.15) is 59.3 Å². The van der Waals surface area contributed by atoms with Gasteiger partial charge in [-0.25, -0.2) is 0 Å². The molecular formula is C18H30OSSn. The van der Waals surface area contributed by atoms with Gasteiger partial charge in [-0.1, -0.05) is 0 Å². The molecule has 21 heavy (non-hydrogen) atoms. The normalized spacial score (nSPS) is 12.3. The Hall–Kier alpha value is 0.0387. The molecule has 1 nitrogen and oxygen atoms in total. The van der Waals surface area contributed by atoms with Crippen LogP contribution >= 0.6 is 11.3 Å². The van der Waals surface area contributed by atoms with Gasteiger partial charge in [-0.05, 0) is 0 Å². The van der Waals surface area contributed by atoms with E-state index in [1.807, 2.05) is 6.26 Å². The summed E-state index contributed by atoms with van der Waals surface area (Å²) in [5.41, 5.74) is 1.14. The fourth-order valence-electron chi connectivity index (χ4n) is 3.32. The molecule has 0 N–H and O–H groups in total. The summed E-state index contributed by atoms with van der Waals surface area (Å²) in [6.07, 6.45) is 10.2. The van der Waals surface area contributed by atoms with Crippen LogP contribution in [0.3, 0.4) is 0 Å². The monoisotopic (exact) mass is 414 g/mol. The van der Waals surface area contributed by atoms with Gasteiger partial charge < -0.3 is 0 Å². The summed E-state index contributed by atoms with van der Waals surface area (Å²) in [5, 5.41) is 0. The number of hydrogen-bond donors (Lipinski definition) is 0. The van der Waals surface area contributed by atoms with Gasteiger partial charge in [0.15, 0.2) is 0 Å². The molecule has 0 spiro atoms. The third kappa shape index (κ3) is 4.28. The average molecular weight is 413 g/mol. The quantitative estimate of drug-likeness (QED) is 0.403. The second-order valence-electron chi connectivity index (χ2n) is 6.35. The summed E-state index contributed by atoms with van der Waals surface area (Å²) in [6.45, 7) is 7.03. The van der Waals surface area contributed by atoms with Gasteiger partial charge >= 0.3 is 138 Å². The second-order valence-corrected chi connectivity index (χ2v) is 21.6. The van der Waals surface area contributed by atoms with E-state index in [2.05, 4.69) is 44.2 Å². The molecule has 118 valence electrons. The van der Waals surface area contributed by atoms with Crippen LogP contribution in [0, 0.1) is 0 Å². The van der Waals surface area contributed by atoms with Crippen molar-refractivity contribution in [1.82, 2.24) is 0 Å². The first-order chi connectivity index (χ1) is 10.3. The van der Waals surface area contributed by atoms with Gasteiger partial charge in [-0.15, -0.1) is 0 Å². The predicted molar refractivity (Wildman–Crippen MR) is 98.6 cm³/mol. The van der Waals surface area contributed by atoms with E-state index >= 15 is 0 Å². The number of hydrogen-bond acceptors (Lipinski definition) is 2. The van der Waals surface area contributed by atoms with Crippen LogP contribution in [-0.2, 0) is 0 Å². The molecule has 0 aliphatic heterocycles. The SMILES string of the molecule is CCC[CH2][Sn]([CH2]CCC)([CH2]CCC)[c]1cc2occc2s1. The predicted octanol–water partition coefficient (Wildman–Crippen LogP) is 6.55. The van der Waals surface area contributed by atoms with E-state index in [9.17, 15) is 0 Å². The first-order valence-corrected chi connectivity index (χ1v) is 17.0. The van der Waals surface area contributed by atoms with Gasteiger partial charge in [0, 0.05) is 0 Å². The van der Waals surface area contributed by atoms with Gasteiger partial charge in [0.1, 0.15) is 0 Å². The van der Waals surface area contributed by atoms with Crippen molar-refractivity contribution in [3.8, 4) is 0 Å². The van der Waals surface area contributed by atoms with E-state index < -0.39 is 18.4 Å². The molecule has 3 heteroatoms. The molecule has 2 heterocycles. The van der Waals surface area contributed by atoms with E-state index in [0.717, 1.165) is 5.58 Å². The molecule has 0 saturated heterocycles. The maximum atomic E-state index is 5.65. The minimum atomic E-state index is -2.20. The molecule has 0 fully saturated rings. The zero-order chi connectivity index (χ0) is 15.1. The topological polar surface area (TPSA) is 13.1 Å². The number of thiophene rings is 1. The van der Waals surface area contributed by atoms with Gasteiger partial charge in [-0.3, -0.25) is 0 Å². The Morgan fingerprint density at radius 2 is 1.52 bits per heavy atom. The van der Waals surface area contributed by atoms with E-state index in [-0.39, 0.29) is 0 Å². The van der Waals surface area contributed by atoms with Gasteiger partial charge in [0.05, 0.1) is 0 Å². The van der Waals surface area contributed by atoms with Crippen LogP contribution in [0.4, 0.5) is 0 Å². The molecule has 2 aromatic heterocycles. The third-order valence-corrected chi connectivity index (χ3v) is 24.0. The first kappa shape index (κ1) is 17.4. The van der Waals surface area contributed by atoms with Crippen molar-refractivity contribution < 1.29 is 4.42 Å². The minimum absolute atomic E-state index is 1.14. The van der Waals surface area contributed by atoms with Crippen LogP contribution in [0.2, 0.25) is 13.3 Å². The number of unbranched alkanes of at least 4 members (excludes halogenated alkanes) is 3. The van der Waals surface area contributed by atoms with E-state index in [4.69, 9.17) is 4.42 Å². The van der Waals surface area contributed by atoms with Crippen LogP contribution in [0.5, 0.6) is 0 Å². The van der Waals surface area contributed by atoms with E-state index in [1.54, 1.807) is 16.2 Å². The Bertz CT molecular complexity index is 478.